The van der Waals surface area contributed by atoms with Crippen molar-refractivity contribution in [1.29, 1.82) is 0 Å². The molecular formula is C14H14BrFN2. The minimum absolute atomic E-state index is 0.128. The van der Waals surface area contributed by atoms with Gasteiger partial charge < -0.3 is 5.32 Å². The van der Waals surface area contributed by atoms with Crippen LogP contribution in [-0.2, 0) is 6.42 Å². The Morgan fingerprint density at radius 1 is 1.33 bits per heavy atom. The average Bonchev–Trinajstić information content (AvgIpc) is 2.41. The monoisotopic (exact) mass is 308 g/mol. The van der Waals surface area contributed by atoms with Gasteiger partial charge in [0.1, 0.15) is 5.82 Å². The second-order valence-corrected chi connectivity index (χ2v) is 4.90. The molecule has 0 saturated heterocycles. The Balaban J connectivity index is 2.18. The molecule has 2 nitrogen and oxygen atoms in total. The summed E-state index contributed by atoms with van der Waals surface area (Å²) in [7, 11) is 1.90. The van der Waals surface area contributed by atoms with Crippen molar-refractivity contribution < 1.29 is 4.39 Å². The lowest BCUT2D eigenvalue weighted by atomic mass is 10.0. The van der Waals surface area contributed by atoms with Crippen molar-refractivity contribution in [2.75, 3.05) is 7.05 Å². The van der Waals surface area contributed by atoms with Crippen molar-refractivity contribution in [2.24, 2.45) is 0 Å². The summed E-state index contributed by atoms with van der Waals surface area (Å²) < 4.78 is 13.7. The average molecular weight is 309 g/mol. The maximum Gasteiger partial charge on any atom is 0.137 e. The lowest BCUT2D eigenvalue weighted by molar-refractivity contribution is 0.573. The number of pyridine rings is 1. The SMILES string of the molecule is CNC(Cc1ccc(F)c(Br)c1)c1ccccn1. The highest BCUT2D eigenvalue weighted by molar-refractivity contribution is 9.10. The van der Waals surface area contributed by atoms with Gasteiger partial charge in [0.2, 0.25) is 0 Å². The summed E-state index contributed by atoms with van der Waals surface area (Å²) in [5.74, 6) is -0.238. The van der Waals surface area contributed by atoms with Gasteiger partial charge in [0.05, 0.1) is 16.2 Å². The number of nitrogens with zero attached hydrogens (tertiary/aromatic N) is 1. The number of likely N-dealkylation sites (N-methyl/N-ethyl adjacent to an activating group) is 1. The van der Waals surface area contributed by atoms with Gasteiger partial charge >= 0.3 is 0 Å². The number of hydrogen-bond donors (Lipinski definition) is 1. The van der Waals surface area contributed by atoms with Gasteiger partial charge in [-0.15, -0.1) is 0 Å². The molecule has 2 rings (SSSR count). The maximum atomic E-state index is 13.2. The molecule has 94 valence electrons. The lowest BCUT2D eigenvalue weighted by Gasteiger charge is -2.15. The van der Waals surface area contributed by atoms with Crippen LogP contribution in [0.3, 0.4) is 0 Å². The van der Waals surface area contributed by atoms with E-state index in [0.717, 1.165) is 17.7 Å². The van der Waals surface area contributed by atoms with Crippen LogP contribution >= 0.6 is 15.9 Å². The van der Waals surface area contributed by atoms with E-state index in [9.17, 15) is 4.39 Å². The zero-order chi connectivity index (χ0) is 13.0. The summed E-state index contributed by atoms with van der Waals surface area (Å²) in [5, 5.41) is 3.23. The molecule has 2 aromatic rings. The van der Waals surface area contributed by atoms with E-state index in [2.05, 4.69) is 26.2 Å². The minimum Gasteiger partial charge on any atom is -0.311 e. The van der Waals surface area contributed by atoms with Gasteiger partial charge in [-0.3, -0.25) is 4.98 Å². The van der Waals surface area contributed by atoms with Crippen LogP contribution in [0.5, 0.6) is 0 Å². The highest BCUT2D eigenvalue weighted by atomic mass is 79.9. The third-order valence-electron chi connectivity index (χ3n) is 2.82. The molecule has 0 amide bonds. The van der Waals surface area contributed by atoms with Crippen molar-refractivity contribution in [3.63, 3.8) is 0 Å². The first kappa shape index (κ1) is 13.2. The van der Waals surface area contributed by atoms with Gasteiger partial charge in [0.25, 0.3) is 0 Å². The Morgan fingerprint density at radius 3 is 2.78 bits per heavy atom. The quantitative estimate of drug-likeness (QED) is 0.935. The van der Waals surface area contributed by atoms with Gasteiger partial charge in [-0.2, -0.15) is 0 Å². The third-order valence-corrected chi connectivity index (χ3v) is 3.42. The number of aromatic nitrogens is 1. The van der Waals surface area contributed by atoms with Crippen LogP contribution in [0, 0.1) is 5.82 Å². The maximum absolute atomic E-state index is 13.2. The fraction of sp³-hybridized carbons (Fsp3) is 0.214. The van der Waals surface area contributed by atoms with E-state index < -0.39 is 0 Å². The van der Waals surface area contributed by atoms with Gasteiger partial charge in [-0.1, -0.05) is 12.1 Å². The first-order valence-corrected chi connectivity index (χ1v) is 6.52. The van der Waals surface area contributed by atoms with E-state index in [1.165, 1.54) is 6.07 Å². The molecule has 1 heterocycles. The Hall–Kier alpha value is -1.26. The molecule has 1 atom stereocenters. The number of benzene rings is 1. The number of halogens is 2. The normalized spacial score (nSPS) is 12.4. The van der Waals surface area contributed by atoms with E-state index in [0.29, 0.717) is 4.47 Å². The molecule has 0 aliphatic carbocycles. The van der Waals surface area contributed by atoms with Crippen LogP contribution in [0.1, 0.15) is 17.3 Å². The number of hydrogen-bond acceptors (Lipinski definition) is 2. The highest BCUT2D eigenvalue weighted by Crippen LogP contribution is 2.21. The van der Waals surface area contributed by atoms with E-state index >= 15 is 0 Å². The molecule has 0 bridgehead atoms. The molecule has 0 saturated carbocycles. The fourth-order valence-corrected chi connectivity index (χ4v) is 2.27. The topological polar surface area (TPSA) is 24.9 Å². The molecule has 0 radical (unpaired) electrons. The van der Waals surface area contributed by atoms with E-state index in [1.807, 2.05) is 31.3 Å². The molecule has 1 aromatic heterocycles. The van der Waals surface area contributed by atoms with Crippen molar-refractivity contribution in [3.8, 4) is 0 Å². The van der Waals surface area contributed by atoms with Gasteiger partial charge in [-0.05, 0) is 59.2 Å². The van der Waals surface area contributed by atoms with Crippen LogP contribution in [0.15, 0.2) is 47.1 Å². The summed E-state index contributed by atoms with van der Waals surface area (Å²) in [6, 6.07) is 11.1. The van der Waals surface area contributed by atoms with Crippen LogP contribution in [0.2, 0.25) is 0 Å². The predicted octanol–water partition coefficient (Wildman–Crippen LogP) is 3.49. The molecule has 1 N–H and O–H groups in total. The largest absolute Gasteiger partial charge is 0.311 e. The van der Waals surface area contributed by atoms with Crippen LogP contribution in [0.25, 0.3) is 0 Å². The zero-order valence-corrected chi connectivity index (χ0v) is 11.6. The van der Waals surface area contributed by atoms with E-state index in [-0.39, 0.29) is 11.9 Å². The molecular weight excluding hydrogens is 295 g/mol. The molecule has 0 fully saturated rings. The van der Waals surface area contributed by atoms with Crippen molar-refractivity contribution in [2.45, 2.75) is 12.5 Å². The summed E-state index contributed by atoms with van der Waals surface area (Å²) in [4.78, 5) is 4.34. The summed E-state index contributed by atoms with van der Waals surface area (Å²) in [5.41, 5.74) is 2.05. The second kappa shape index (κ2) is 6.07. The Kier molecular flexibility index (Phi) is 4.44. The Bertz CT molecular complexity index is 516. The van der Waals surface area contributed by atoms with Gasteiger partial charge in [0.15, 0.2) is 0 Å². The Labute approximate surface area is 114 Å². The fourth-order valence-electron chi connectivity index (χ4n) is 1.84. The van der Waals surface area contributed by atoms with E-state index in [4.69, 9.17) is 0 Å². The molecule has 18 heavy (non-hydrogen) atoms. The van der Waals surface area contributed by atoms with Gasteiger partial charge in [0, 0.05) is 6.20 Å². The predicted molar refractivity (Wildman–Crippen MR) is 73.8 cm³/mol. The number of nitrogens with one attached hydrogen (secondary N) is 1. The van der Waals surface area contributed by atoms with Crippen LogP contribution in [-0.4, -0.2) is 12.0 Å². The Morgan fingerprint density at radius 2 is 2.17 bits per heavy atom. The first-order valence-electron chi connectivity index (χ1n) is 5.73. The molecule has 0 spiro atoms. The van der Waals surface area contributed by atoms with Crippen LogP contribution < -0.4 is 5.32 Å². The molecule has 1 unspecified atom stereocenters. The van der Waals surface area contributed by atoms with E-state index in [1.54, 1.807) is 12.3 Å². The molecule has 0 aliphatic heterocycles. The standard InChI is InChI=1S/C14H14BrFN2/c1-17-14(13-4-2-3-7-18-13)9-10-5-6-12(16)11(15)8-10/h2-8,14,17H,9H2,1H3. The highest BCUT2D eigenvalue weighted by Gasteiger charge is 2.11. The van der Waals surface area contributed by atoms with Gasteiger partial charge in [-0.25, -0.2) is 4.39 Å². The minimum atomic E-state index is -0.238. The summed E-state index contributed by atoms with van der Waals surface area (Å²) >= 11 is 3.20. The van der Waals surface area contributed by atoms with Crippen molar-refractivity contribution in [3.05, 3.63) is 64.1 Å². The molecule has 1 aromatic carbocycles. The zero-order valence-electron chi connectivity index (χ0n) is 10.0. The molecule has 0 aliphatic rings. The first-order chi connectivity index (χ1) is 8.70. The summed E-state index contributed by atoms with van der Waals surface area (Å²) in [6.07, 6.45) is 2.55. The second-order valence-electron chi connectivity index (χ2n) is 4.05. The molecule has 4 heteroatoms. The third kappa shape index (κ3) is 3.15. The summed E-state index contributed by atoms with van der Waals surface area (Å²) in [6.45, 7) is 0. The lowest BCUT2D eigenvalue weighted by Crippen LogP contribution is -2.19. The van der Waals surface area contributed by atoms with Crippen molar-refractivity contribution in [1.82, 2.24) is 10.3 Å². The smallest absolute Gasteiger partial charge is 0.137 e. The number of rotatable bonds is 4. The van der Waals surface area contributed by atoms with Crippen molar-refractivity contribution >= 4 is 15.9 Å². The van der Waals surface area contributed by atoms with Crippen LogP contribution in [0.4, 0.5) is 4.39 Å².